The predicted molar refractivity (Wildman–Crippen MR) is 92.4 cm³/mol. The molecule has 1 aromatic carbocycles. The summed E-state index contributed by atoms with van der Waals surface area (Å²) < 4.78 is 28.9. The van der Waals surface area contributed by atoms with Crippen LogP contribution in [0.5, 0.6) is 0 Å². The maximum absolute atomic E-state index is 11.5. The van der Waals surface area contributed by atoms with Crippen molar-refractivity contribution in [1.29, 1.82) is 0 Å². The summed E-state index contributed by atoms with van der Waals surface area (Å²) in [6.45, 7) is 8.91. The van der Waals surface area contributed by atoms with Gasteiger partial charge in [-0.15, -0.1) is 0 Å². The van der Waals surface area contributed by atoms with Gasteiger partial charge in [-0.2, -0.15) is 0 Å². The van der Waals surface area contributed by atoms with Gasteiger partial charge in [0.05, 0.1) is 17.6 Å². The summed E-state index contributed by atoms with van der Waals surface area (Å²) in [5.41, 5.74) is 1.91. The number of rotatable bonds is 3. The van der Waals surface area contributed by atoms with Crippen LogP contribution in [0.25, 0.3) is 0 Å². The smallest absolute Gasteiger partial charge is 0.238 e. The number of oxazole rings is 1. The monoisotopic (exact) mass is 349 g/mol. The van der Waals surface area contributed by atoms with Gasteiger partial charge in [-0.1, -0.05) is 20.8 Å². The van der Waals surface area contributed by atoms with E-state index in [1.807, 2.05) is 6.07 Å². The van der Waals surface area contributed by atoms with E-state index in [-0.39, 0.29) is 16.4 Å². The number of benzene rings is 1. The molecule has 0 amide bonds. The lowest BCUT2D eigenvalue weighted by Gasteiger charge is -2.23. The summed E-state index contributed by atoms with van der Waals surface area (Å²) in [7, 11) is -3.68. The van der Waals surface area contributed by atoms with Crippen LogP contribution in [0.1, 0.15) is 44.9 Å². The molecule has 1 atom stereocenters. The zero-order chi connectivity index (χ0) is 17.7. The number of aromatic nitrogens is 1. The lowest BCUT2D eigenvalue weighted by Crippen LogP contribution is -2.28. The van der Waals surface area contributed by atoms with Crippen LogP contribution >= 0.6 is 0 Å². The highest BCUT2D eigenvalue weighted by Crippen LogP contribution is 2.35. The van der Waals surface area contributed by atoms with Crippen LogP contribution in [0.4, 0.5) is 5.69 Å². The second-order valence-corrected chi connectivity index (χ2v) is 8.95. The quantitative estimate of drug-likeness (QED) is 0.920. The second kappa shape index (κ2) is 5.60. The molecule has 0 aliphatic carbocycles. The maximum atomic E-state index is 11.5. The summed E-state index contributed by atoms with van der Waals surface area (Å²) in [6, 6.07) is 5.26. The molecule has 0 radical (unpaired) electrons. The van der Waals surface area contributed by atoms with E-state index in [9.17, 15) is 8.42 Å². The number of nitrogens with zero attached hydrogens (tertiary/aromatic N) is 2. The maximum Gasteiger partial charge on any atom is 0.238 e. The molecule has 3 rings (SSSR count). The molecule has 7 heteroatoms. The first-order valence-corrected chi connectivity index (χ1v) is 9.48. The van der Waals surface area contributed by atoms with E-state index < -0.39 is 10.0 Å². The Balaban J connectivity index is 1.88. The summed E-state index contributed by atoms with van der Waals surface area (Å²) in [4.78, 5) is 6.72. The molecule has 0 saturated heterocycles. The van der Waals surface area contributed by atoms with Crippen LogP contribution in [0.3, 0.4) is 0 Å². The Hall–Kier alpha value is -1.86. The largest absolute Gasteiger partial charge is 0.443 e. The highest BCUT2D eigenvalue weighted by Gasteiger charge is 2.29. The third-order valence-corrected chi connectivity index (χ3v) is 5.25. The Morgan fingerprint density at radius 1 is 1.38 bits per heavy atom. The van der Waals surface area contributed by atoms with Gasteiger partial charge in [0.2, 0.25) is 15.9 Å². The molecule has 0 spiro atoms. The van der Waals surface area contributed by atoms with E-state index in [1.165, 1.54) is 0 Å². The van der Waals surface area contributed by atoms with Crippen LogP contribution in [-0.2, 0) is 28.4 Å². The van der Waals surface area contributed by atoms with Crippen molar-refractivity contribution < 1.29 is 12.8 Å². The first-order chi connectivity index (χ1) is 11.1. The molecule has 1 unspecified atom stereocenters. The van der Waals surface area contributed by atoms with Gasteiger partial charge >= 0.3 is 0 Å². The first kappa shape index (κ1) is 17.0. The number of anilines is 1. The normalized spacial score (nSPS) is 18.0. The first-order valence-electron chi connectivity index (χ1n) is 7.93. The number of primary sulfonamides is 1. The second-order valence-electron chi connectivity index (χ2n) is 7.38. The van der Waals surface area contributed by atoms with Crippen molar-refractivity contribution >= 4 is 15.7 Å². The van der Waals surface area contributed by atoms with Crippen molar-refractivity contribution in [2.45, 2.75) is 57.0 Å². The Morgan fingerprint density at radius 3 is 2.67 bits per heavy atom. The van der Waals surface area contributed by atoms with E-state index in [2.05, 4.69) is 37.6 Å². The average molecular weight is 349 g/mol. The van der Waals surface area contributed by atoms with Crippen molar-refractivity contribution in [3.8, 4) is 0 Å². The molecule has 1 aliphatic rings. The van der Waals surface area contributed by atoms with Crippen molar-refractivity contribution in [2.24, 2.45) is 5.14 Å². The minimum atomic E-state index is -3.68. The van der Waals surface area contributed by atoms with Crippen LogP contribution in [-0.4, -0.2) is 19.4 Å². The van der Waals surface area contributed by atoms with Gasteiger partial charge < -0.3 is 9.32 Å². The highest BCUT2D eigenvalue weighted by atomic mass is 32.2. The molecule has 130 valence electrons. The Labute approximate surface area is 142 Å². The van der Waals surface area contributed by atoms with E-state index >= 15 is 0 Å². The highest BCUT2D eigenvalue weighted by molar-refractivity contribution is 7.89. The fourth-order valence-electron chi connectivity index (χ4n) is 2.97. The molecule has 1 aliphatic heterocycles. The molecule has 0 fully saturated rings. The van der Waals surface area contributed by atoms with Gasteiger partial charge in [-0.05, 0) is 37.1 Å². The predicted octanol–water partition coefficient (Wildman–Crippen LogP) is 2.57. The summed E-state index contributed by atoms with van der Waals surface area (Å²) in [5.74, 6) is 1.52. The molecule has 1 aromatic heterocycles. The SMILES string of the molecule is CC1Cc2cc(S(N)(=O)=O)ccc2N1Cc1ncc(C(C)(C)C)o1. The number of hydrogen-bond acceptors (Lipinski definition) is 5. The van der Waals surface area contributed by atoms with Crippen LogP contribution in [0.15, 0.2) is 33.7 Å². The molecule has 0 saturated carbocycles. The van der Waals surface area contributed by atoms with Crippen LogP contribution in [0, 0.1) is 0 Å². The topological polar surface area (TPSA) is 89.4 Å². The average Bonchev–Trinajstić information content (AvgIpc) is 3.03. The molecular formula is C17H23N3O3S. The summed E-state index contributed by atoms with van der Waals surface area (Å²) in [5, 5.41) is 5.22. The molecule has 2 N–H and O–H groups in total. The van der Waals surface area contributed by atoms with E-state index in [1.54, 1.807) is 18.3 Å². The van der Waals surface area contributed by atoms with E-state index in [4.69, 9.17) is 9.56 Å². The summed E-state index contributed by atoms with van der Waals surface area (Å²) in [6.07, 6.45) is 2.55. The van der Waals surface area contributed by atoms with Gasteiger partial charge in [-0.3, -0.25) is 0 Å². The van der Waals surface area contributed by atoms with Gasteiger partial charge in [0.25, 0.3) is 0 Å². The fourth-order valence-corrected chi connectivity index (χ4v) is 3.53. The standard InChI is InChI=1S/C17H23N3O3S/c1-11-7-12-8-13(24(18,21)22)5-6-14(12)20(11)10-16-19-9-15(23-16)17(2,3)4/h5-6,8-9,11H,7,10H2,1-4H3,(H2,18,21,22). The minimum Gasteiger partial charge on any atom is -0.443 e. The third-order valence-electron chi connectivity index (χ3n) is 4.33. The van der Waals surface area contributed by atoms with E-state index in [0.717, 1.165) is 23.4 Å². The van der Waals surface area contributed by atoms with E-state index in [0.29, 0.717) is 12.4 Å². The Morgan fingerprint density at radius 2 is 2.08 bits per heavy atom. The van der Waals surface area contributed by atoms with Crippen LogP contribution < -0.4 is 10.0 Å². The molecule has 2 heterocycles. The number of nitrogens with two attached hydrogens (primary N) is 1. The van der Waals surface area contributed by atoms with Gasteiger partial charge in [0.15, 0.2) is 0 Å². The van der Waals surface area contributed by atoms with Gasteiger partial charge in [0, 0.05) is 17.1 Å². The number of fused-ring (bicyclic) bond motifs is 1. The zero-order valence-corrected chi connectivity index (χ0v) is 15.2. The Bertz CT molecular complexity index is 865. The molecule has 2 aromatic rings. The van der Waals surface area contributed by atoms with Gasteiger partial charge in [0.1, 0.15) is 5.76 Å². The zero-order valence-electron chi connectivity index (χ0n) is 14.4. The van der Waals surface area contributed by atoms with Crippen molar-refractivity contribution in [3.63, 3.8) is 0 Å². The van der Waals surface area contributed by atoms with Crippen molar-refractivity contribution in [1.82, 2.24) is 4.98 Å². The molecule has 6 nitrogen and oxygen atoms in total. The van der Waals surface area contributed by atoms with Crippen LogP contribution in [0.2, 0.25) is 0 Å². The number of sulfonamides is 1. The number of hydrogen-bond donors (Lipinski definition) is 1. The molecule has 24 heavy (non-hydrogen) atoms. The van der Waals surface area contributed by atoms with Crippen molar-refractivity contribution in [2.75, 3.05) is 4.90 Å². The molecular weight excluding hydrogens is 326 g/mol. The van der Waals surface area contributed by atoms with Crippen molar-refractivity contribution in [3.05, 3.63) is 41.6 Å². The summed E-state index contributed by atoms with van der Waals surface area (Å²) >= 11 is 0. The lowest BCUT2D eigenvalue weighted by atomic mass is 9.94. The molecule has 0 bridgehead atoms. The fraction of sp³-hybridized carbons (Fsp3) is 0.471. The lowest BCUT2D eigenvalue weighted by molar-refractivity contribution is 0.378. The third kappa shape index (κ3) is 3.18. The van der Waals surface area contributed by atoms with Gasteiger partial charge in [-0.25, -0.2) is 18.5 Å². The Kier molecular flexibility index (Phi) is 3.96. The minimum absolute atomic E-state index is 0.0792.